The van der Waals surface area contributed by atoms with E-state index in [0.29, 0.717) is 0 Å². The van der Waals surface area contributed by atoms with Gasteiger partial charge in [0.05, 0.1) is 13.2 Å². The highest BCUT2D eigenvalue weighted by Crippen LogP contribution is 2.31. The number of methoxy groups -OCH3 is 3. The zero-order valence-electron chi connectivity index (χ0n) is 13.9. The van der Waals surface area contributed by atoms with Crippen LogP contribution in [0.1, 0.15) is 27.2 Å². The summed E-state index contributed by atoms with van der Waals surface area (Å²) in [6.45, 7) is 5.14. The molecule has 0 bridgehead atoms. The molecule has 0 spiro atoms. The summed E-state index contributed by atoms with van der Waals surface area (Å²) in [7, 11) is 4.00. The van der Waals surface area contributed by atoms with Crippen LogP contribution in [0.2, 0.25) is 0 Å². The Hall–Kier alpha value is -1.38. The molecule has 0 saturated carbocycles. The summed E-state index contributed by atoms with van der Waals surface area (Å²) in [6.07, 6.45) is -2.60. The van der Waals surface area contributed by atoms with Crippen molar-refractivity contribution in [3.05, 3.63) is 0 Å². The molecule has 128 valence electrons. The fourth-order valence-electron chi connectivity index (χ4n) is 2.47. The Morgan fingerprint density at radius 1 is 1.18 bits per heavy atom. The first-order valence-electron chi connectivity index (χ1n) is 6.99. The summed E-state index contributed by atoms with van der Waals surface area (Å²) in [5.74, 6) is -0.627. The maximum Gasteiger partial charge on any atom is 0.411 e. The van der Waals surface area contributed by atoms with Gasteiger partial charge in [0.1, 0.15) is 17.7 Å². The summed E-state index contributed by atoms with van der Waals surface area (Å²) in [4.78, 5) is 25.5. The number of hydrogen-bond acceptors (Lipinski definition) is 7. The minimum absolute atomic E-state index is 0.0276. The van der Waals surface area contributed by atoms with E-state index in [-0.39, 0.29) is 6.42 Å². The van der Waals surface area contributed by atoms with Gasteiger partial charge in [0.2, 0.25) is 0 Å². The van der Waals surface area contributed by atoms with Crippen molar-refractivity contribution in [3.8, 4) is 0 Å². The molecule has 22 heavy (non-hydrogen) atoms. The molecular formula is C14H25NO7. The number of aliphatic hydroxyl groups excluding tert-OH is 1. The number of amides is 1. The van der Waals surface area contributed by atoms with Gasteiger partial charge in [-0.05, 0) is 20.8 Å². The Labute approximate surface area is 130 Å². The molecule has 1 fully saturated rings. The Morgan fingerprint density at radius 3 is 2.14 bits per heavy atom. The van der Waals surface area contributed by atoms with Gasteiger partial charge in [0.15, 0.2) is 6.29 Å². The Bertz CT molecular complexity index is 402. The molecule has 1 amide bonds. The van der Waals surface area contributed by atoms with Crippen LogP contribution in [0.5, 0.6) is 0 Å². The summed E-state index contributed by atoms with van der Waals surface area (Å²) in [5, 5.41) is 10.2. The van der Waals surface area contributed by atoms with Crippen LogP contribution in [0.15, 0.2) is 0 Å². The van der Waals surface area contributed by atoms with E-state index in [1.54, 1.807) is 20.8 Å². The molecule has 3 atom stereocenters. The van der Waals surface area contributed by atoms with Crippen LogP contribution in [-0.4, -0.2) is 73.5 Å². The molecular weight excluding hydrogens is 294 g/mol. The Balaban J connectivity index is 3.12. The zero-order chi connectivity index (χ0) is 17.1. The van der Waals surface area contributed by atoms with E-state index >= 15 is 0 Å². The third-order valence-electron chi connectivity index (χ3n) is 3.34. The number of hydrogen-bond donors (Lipinski definition) is 1. The predicted molar refractivity (Wildman–Crippen MR) is 76.1 cm³/mol. The molecule has 1 saturated heterocycles. The number of likely N-dealkylation sites (tertiary alicyclic amines) is 1. The first-order chi connectivity index (χ1) is 10.2. The quantitative estimate of drug-likeness (QED) is 0.596. The number of esters is 1. The molecule has 0 unspecified atom stereocenters. The first kappa shape index (κ1) is 18.7. The minimum atomic E-state index is -0.999. The highest BCUT2D eigenvalue weighted by atomic mass is 16.7. The van der Waals surface area contributed by atoms with Gasteiger partial charge in [0, 0.05) is 20.6 Å². The molecule has 0 aliphatic carbocycles. The lowest BCUT2D eigenvalue weighted by atomic mass is 10.1. The normalized spacial score (nSPS) is 25.5. The van der Waals surface area contributed by atoms with Crippen LogP contribution < -0.4 is 0 Å². The molecule has 0 aromatic rings. The van der Waals surface area contributed by atoms with E-state index < -0.39 is 42.1 Å². The fourth-order valence-corrected chi connectivity index (χ4v) is 2.47. The highest BCUT2D eigenvalue weighted by Gasteiger charge is 2.52. The average molecular weight is 319 g/mol. The number of rotatable bonds is 4. The van der Waals surface area contributed by atoms with E-state index in [0.717, 1.165) is 4.90 Å². The summed E-state index contributed by atoms with van der Waals surface area (Å²) in [6, 6.07) is -1.82. The molecule has 1 N–H and O–H groups in total. The number of nitrogens with zero attached hydrogens (tertiary/aromatic N) is 1. The van der Waals surface area contributed by atoms with Crippen molar-refractivity contribution in [3.63, 3.8) is 0 Å². The lowest BCUT2D eigenvalue weighted by Gasteiger charge is -2.34. The summed E-state index contributed by atoms with van der Waals surface area (Å²) >= 11 is 0. The van der Waals surface area contributed by atoms with Crippen molar-refractivity contribution in [2.45, 2.75) is 57.3 Å². The van der Waals surface area contributed by atoms with Crippen molar-refractivity contribution in [2.75, 3.05) is 21.3 Å². The number of carbonyl (C=O) groups excluding carboxylic acids is 2. The molecule has 1 rings (SSSR count). The number of aliphatic hydroxyl groups is 1. The lowest BCUT2D eigenvalue weighted by Crippen LogP contribution is -2.53. The van der Waals surface area contributed by atoms with Gasteiger partial charge >= 0.3 is 12.1 Å². The van der Waals surface area contributed by atoms with Gasteiger partial charge in [-0.1, -0.05) is 0 Å². The van der Waals surface area contributed by atoms with E-state index in [4.69, 9.17) is 18.9 Å². The van der Waals surface area contributed by atoms with Crippen molar-refractivity contribution in [2.24, 2.45) is 0 Å². The van der Waals surface area contributed by atoms with Crippen LogP contribution in [-0.2, 0) is 23.7 Å². The summed E-state index contributed by atoms with van der Waals surface area (Å²) < 4.78 is 20.3. The molecule has 1 aliphatic heterocycles. The molecule has 1 heterocycles. The van der Waals surface area contributed by atoms with Gasteiger partial charge in [-0.15, -0.1) is 0 Å². The SMILES string of the molecule is COC(=O)[C@@H]1C[C@H](O)[C@H](C(OC)OC)N1C(=O)OC(C)(C)C. The van der Waals surface area contributed by atoms with E-state index in [2.05, 4.69) is 0 Å². The second-order valence-electron chi connectivity index (χ2n) is 6.06. The number of carbonyl (C=O) groups is 2. The van der Waals surface area contributed by atoms with Gasteiger partial charge in [-0.3, -0.25) is 4.90 Å². The molecule has 0 radical (unpaired) electrons. The Morgan fingerprint density at radius 2 is 1.73 bits per heavy atom. The molecule has 0 aromatic heterocycles. The lowest BCUT2D eigenvalue weighted by molar-refractivity contribution is -0.162. The van der Waals surface area contributed by atoms with Crippen molar-refractivity contribution in [1.82, 2.24) is 4.90 Å². The van der Waals surface area contributed by atoms with Gasteiger partial charge in [0.25, 0.3) is 0 Å². The van der Waals surface area contributed by atoms with Crippen LogP contribution in [0.4, 0.5) is 4.79 Å². The highest BCUT2D eigenvalue weighted by molar-refractivity contribution is 5.82. The van der Waals surface area contributed by atoms with Crippen LogP contribution in [0.3, 0.4) is 0 Å². The molecule has 1 aliphatic rings. The molecule has 0 aromatic carbocycles. The van der Waals surface area contributed by atoms with Crippen molar-refractivity contribution >= 4 is 12.1 Å². The maximum absolute atomic E-state index is 12.5. The fraction of sp³-hybridized carbons (Fsp3) is 0.857. The predicted octanol–water partition coefficient (Wildman–Crippen LogP) is 0.517. The largest absolute Gasteiger partial charge is 0.467 e. The van der Waals surface area contributed by atoms with Gasteiger partial charge in [-0.25, -0.2) is 9.59 Å². The molecule has 8 heteroatoms. The van der Waals surface area contributed by atoms with Crippen molar-refractivity contribution < 1.29 is 33.6 Å². The first-order valence-corrected chi connectivity index (χ1v) is 6.99. The second kappa shape index (κ2) is 7.26. The number of ether oxygens (including phenoxy) is 4. The van der Waals surface area contributed by atoms with Gasteiger partial charge < -0.3 is 24.1 Å². The third-order valence-corrected chi connectivity index (χ3v) is 3.34. The van der Waals surface area contributed by atoms with Gasteiger partial charge in [-0.2, -0.15) is 0 Å². The van der Waals surface area contributed by atoms with Crippen LogP contribution in [0, 0.1) is 0 Å². The zero-order valence-corrected chi connectivity index (χ0v) is 13.9. The molecule has 8 nitrogen and oxygen atoms in total. The van der Waals surface area contributed by atoms with Crippen LogP contribution >= 0.6 is 0 Å². The summed E-state index contributed by atoms with van der Waals surface area (Å²) in [5.41, 5.74) is -0.745. The third kappa shape index (κ3) is 4.08. The maximum atomic E-state index is 12.5. The monoisotopic (exact) mass is 319 g/mol. The van der Waals surface area contributed by atoms with Crippen molar-refractivity contribution in [1.29, 1.82) is 0 Å². The topological polar surface area (TPSA) is 94.5 Å². The van der Waals surface area contributed by atoms with E-state index in [1.807, 2.05) is 0 Å². The van der Waals surface area contributed by atoms with Crippen LogP contribution in [0.25, 0.3) is 0 Å². The standard InChI is InChI=1S/C14H25NO7/c1-14(2,3)22-13(18)15-8(11(17)19-4)7-9(16)10(15)12(20-5)21-6/h8-10,12,16H,7H2,1-6H3/t8-,9-,10+/m0/s1. The average Bonchev–Trinajstić information content (AvgIpc) is 2.76. The Kier molecular flexibility index (Phi) is 6.16. The minimum Gasteiger partial charge on any atom is -0.467 e. The van der Waals surface area contributed by atoms with E-state index in [9.17, 15) is 14.7 Å². The van der Waals surface area contributed by atoms with E-state index in [1.165, 1.54) is 21.3 Å². The smallest absolute Gasteiger partial charge is 0.411 e. The second-order valence-corrected chi connectivity index (χ2v) is 6.06.